The molecule has 4 rings (SSSR count). The SMILES string of the molecule is CC(c1ccc(Cl)cc1)N(CCCC(=O)O)C(=O)C1(C)CCN1C(=O)c1csc2ccccc12. The maximum absolute atomic E-state index is 13.9. The number of thiophene rings is 1. The van der Waals surface area contributed by atoms with Crippen molar-refractivity contribution < 1.29 is 19.5 Å². The van der Waals surface area contributed by atoms with E-state index in [2.05, 4.69) is 0 Å². The van der Waals surface area contributed by atoms with Crippen molar-refractivity contribution in [3.8, 4) is 0 Å². The van der Waals surface area contributed by atoms with E-state index >= 15 is 0 Å². The number of nitrogens with zero attached hydrogens (tertiary/aromatic N) is 2. The summed E-state index contributed by atoms with van der Waals surface area (Å²) in [6.07, 6.45) is 0.859. The minimum atomic E-state index is -0.982. The second-order valence-corrected chi connectivity index (χ2v) is 10.2. The quantitative estimate of drug-likeness (QED) is 0.437. The van der Waals surface area contributed by atoms with Crippen LogP contribution in [0.4, 0.5) is 0 Å². The Kier molecular flexibility index (Phi) is 6.96. The van der Waals surface area contributed by atoms with Crippen LogP contribution in [0.2, 0.25) is 5.02 Å². The van der Waals surface area contributed by atoms with Gasteiger partial charge >= 0.3 is 5.97 Å². The Morgan fingerprint density at radius 3 is 2.53 bits per heavy atom. The monoisotopic (exact) mass is 498 g/mol. The van der Waals surface area contributed by atoms with Crippen molar-refractivity contribution in [3.05, 3.63) is 70.1 Å². The first-order valence-corrected chi connectivity index (χ1v) is 12.5. The molecule has 1 aliphatic heterocycles. The molecule has 178 valence electrons. The normalized spacial score (nSPS) is 18.4. The topological polar surface area (TPSA) is 77.9 Å². The van der Waals surface area contributed by atoms with E-state index in [9.17, 15) is 14.4 Å². The zero-order valence-electron chi connectivity index (χ0n) is 19.2. The predicted molar refractivity (Wildman–Crippen MR) is 134 cm³/mol. The van der Waals surface area contributed by atoms with Crippen molar-refractivity contribution in [1.29, 1.82) is 0 Å². The Morgan fingerprint density at radius 1 is 1.18 bits per heavy atom. The third-order valence-electron chi connectivity index (χ3n) is 6.71. The average Bonchev–Trinajstić information content (AvgIpc) is 3.24. The highest BCUT2D eigenvalue weighted by Gasteiger charge is 2.52. The molecule has 0 saturated carbocycles. The summed E-state index contributed by atoms with van der Waals surface area (Å²) in [5.41, 5.74) is 0.532. The lowest BCUT2D eigenvalue weighted by atomic mass is 9.83. The van der Waals surface area contributed by atoms with Gasteiger partial charge in [-0.2, -0.15) is 0 Å². The second kappa shape index (κ2) is 9.76. The summed E-state index contributed by atoms with van der Waals surface area (Å²) in [6.45, 7) is 4.52. The van der Waals surface area contributed by atoms with Crippen molar-refractivity contribution in [1.82, 2.24) is 9.80 Å². The lowest BCUT2D eigenvalue weighted by molar-refractivity contribution is -0.152. The number of hydrogen-bond donors (Lipinski definition) is 1. The molecule has 1 aromatic heterocycles. The highest BCUT2D eigenvalue weighted by Crippen LogP contribution is 2.38. The third-order valence-corrected chi connectivity index (χ3v) is 7.92. The molecular weight excluding hydrogens is 472 g/mol. The number of aliphatic carboxylic acids is 1. The van der Waals surface area contributed by atoms with Crippen LogP contribution in [0.1, 0.15) is 55.1 Å². The third kappa shape index (κ3) is 4.55. The highest BCUT2D eigenvalue weighted by molar-refractivity contribution is 7.17. The van der Waals surface area contributed by atoms with Gasteiger partial charge in [0.15, 0.2) is 0 Å². The number of carbonyl (C=O) groups excluding carboxylic acids is 2. The van der Waals surface area contributed by atoms with Crippen LogP contribution in [0, 0.1) is 0 Å². The Balaban J connectivity index is 1.60. The molecule has 2 amide bonds. The van der Waals surface area contributed by atoms with E-state index in [1.54, 1.807) is 21.9 Å². The summed E-state index contributed by atoms with van der Waals surface area (Å²) in [5.74, 6) is -1.22. The molecule has 1 N–H and O–H groups in total. The fourth-order valence-electron chi connectivity index (χ4n) is 4.50. The van der Waals surface area contributed by atoms with Crippen LogP contribution in [-0.4, -0.2) is 51.3 Å². The molecule has 1 fully saturated rings. The molecule has 0 radical (unpaired) electrons. The summed E-state index contributed by atoms with van der Waals surface area (Å²) in [4.78, 5) is 41.9. The first-order valence-electron chi connectivity index (χ1n) is 11.3. The number of rotatable bonds is 8. The van der Waals surface area contributed by atoms with Crippen molar-refractivity contribution in [3.63, 3.8) is 0 Å². The number of benzene rings is 2. The number of amides is 2. The summed E-state index contributed by atoms with van der Waals surface area (Å²) < 4.78 is 1.03. The van der Waals surface area contributed by atoms with E-state index in [1.165, 1.54) is 11.3 Å². The smallest absolute Gasteiger partial charge is 0.303 e. The largest absolute Gasteiger partial charge is 0.481 e. The number of carboxylic acid groups (broad SMARTS) is 1. The molecular formula is C26H27ClN2O4S. The minimum Gasteiger partial charge on any atom is -0.481 e. The van der Waals surface area contributed by atoms with Gasteiger partial charge in [-0.05, 0) is 50.5 Å². The van der Waals surface area contributed by atoms with Crippen molar-refractivity contribution in [2.45, 2.75) is 44.7 Å². The summed E-state index contributed by atoms with van der Waals surface area (Å²) in [5, 5.41) is 12.5. The Bertz CT molecular complexity index is 1230. The van der Waals surface area contributed by atoms with E-state index in [0.717, 1.165) is 15.6 Å². The molecule has 34 heavy (non-hydrogen) atoms. The molecule has 1 saturated heterocycles. The number of likely N-dealkylation sites (tertiary alicyclic amines) is 1. The molecule has 2 heterocycles. The van der Waals surface area contributed by atoms with Gasteiger partial charge in [0.2, 0.25) is 5.91 Å². The number of carboxylic acids is 1. The molecule has 2 unspecified atom stereocenters. The average molecular weight is 499 g/mol. The zero-order valence-corrected chi connectivity index (χ0v) is 20.7. The molecule has 2 aromatic carbocycles. The summed E-state index contributed by atoms with van der Waals surface area (Å²) >= 11 is 7.55. The molecule has 2 atom stereocenters. The fraction of sp³-hybridized carbons (Fsp3) is 0.346. The lowest BCUT2D eigenvalue weighted by Gasteiger charge is -2.51. The molecule has 6 nitrogen and oxygen atoms in total. The van der Waals surface area contributed by atoms with Crippen LogP contribution in [0.3, 0.4) is 0 Å². The summed E-state index contributed by atoms with van der Waals surface area (Å²) in [7, 11) is 0. The molecule has 1 aliphatic rings. The predicted octanol–water partition coefficient (Wildman–Crippen LogP) is 5.61. The standard InChI is InChI=1S/C26H27ClN2O4S/c1-17(18-9-11-19(27)12-10-18)28(14-5-8-23(30)31)25(33)26(2)13-15-29(26)24(32)21-16-34-22-7-4-3-6-20(21)22/h3-4,6-7,9-12,16-17H,5,8,13-15H2,1-2H3,(H,30,31). The van der Waals surface area contributed by atoms with Crippen molar-refractivity contribution in [2.75, 3.05) is 13.1 Å². The number of halogens is 1. The van der Waals surface area contributed by atoms with E-state index in [-0.39, 0.29) is 30.8 Å². The second-order valence-electron chi connectivity index (χ2n) is 8.85. The van der Waals surface area contributed by atoms with Gasteiger partial charge in [0, 0.05) is 40.0 Å². The van der Waals surface area contributed by atoms with Crippen LogP contribution in [-0.2, 0) is 9.59 Å². The Hall–Kier alpha value is -2.90. The van der Waals surface area contributed by atoms with Gasteiger partial charge in [-0.15, -0.1) is 11.3 Å². The van der Waals surface area contributed by atoms with Gasteiger partial charge in [-0.25, -0.2) is 0 Å². The first-order chi connectivity index (χ1) is 16.2. The van der Waals surface area contributed by atoms with Crippen LogP contribution in [0.25, 0.3) is 10.1 Å². The van der Waals surface area contributed by atoms with Gasteiger partial charge in [0.1, 0.15) is 5.54 Å². The molecule has 0 aliphatic carbocycles. The van der Waals surface area contributed by atoms with E-state index in [0.29, 0.717) is 30.0 Å². The van der Waals surface area contributed by atoms with Gasteiger partial charge in [0.25, 0.3) is 5.91 Å². The van der Waals surface area contributed by atoms with E-state index < -0.39 is 11.5 Å². The van der Waals surface area contributed by atoms with E-state index in [1.807, 2.05) is 55.6 Å². The van der Waals surface area contributed by atoms with Crippen LogP contribution < -0.4 is 0 Å². The summed E-state index contributed by atoms with van der Waals surface area (Å²) in [6, 6.07) is 14.7. The molecule has 3 aromatic rings. The molecule has 8 heteroatoms. The van der Waals surface area contributed by atoms with Gasteiger partial charge < -0.3 is 14.9 Å². The van der Waals surface area contributed by atoms with Crippen LogP contribution in [0.5, 0.6) is 0 Å². The Morgan fingerprint density at radius 2 is 1.88 bits per heavy atom. The molecule has 0 bridgehead atoms. The zero-order chi connectivity index (χ0) is 24.5. The fourth-order valence-corrected chi connectivity index (χ4v) is 5.56. The highest BCUT2D eigenvalue weighted by atomic mass is 35.5. The lowest BCUT2D eigenvalue weighted by Crippen LogP contribution is -2.68. The van der Waals surface area contributed by atoms with Gasteiger partial charge in [0.05, 0.1) is 11.6 Å². The maximum Gasteiger partial charge on any atom is 0.303 e. The van der Waals surface area contributed by atoms with Crippen molar-refractivity contribution >= 4 is 50.8 Å². The van der Waals surface area contributed by atoms with E-state index in [4.69, 9.17) is 16.7 Å². The number of fused-ring (bicyclic) bond motifs is 1. The van der Waals surface area contributed by atoms with Crippen LogP contribution >= 0.6 is 22.9 Å². The number of carbonyl (C=O) groups is 3. The van der Waals surface area contributed by atoms with Gasteiger partial charge in [-0.3, -0.25) is 14.4 Å². The minimum absolute atomic E-state index is 0.0304. The first kappa shape index (κ1) is 24.2. The van der Waals surface area contributed by atoms with Crippen molar-refractivity contribution in [2.24, 2.45) is 0 Å². The molecule has 0 spiro atoms. The maximum atomic E-state index is 13.9. The number of hydrogen-bond acceptors (Lipinski definition) is 4. The van der Waals surface area contributed by atoms with Crippen LogP contribution in [0.15, 0.2) is 53.9 Å². The van der Waals surface area contributed by atoms with Gasteiger partial charge in [-0.1, -0.05) is 41.9 Å². The Labute approximate surface area is 207 Å².